The second-order valence-electron chi connectivity index (χ2n) is 2.73. The minimum absolute atomic E-state index is 0.0188. The third-order valence-electron chi connectivity index (χ3n) is 1.51. The van der Waals surface area contributed by atoms with Gasteiger partial charge in [0, 0.05) is 24.2 Å². The van der Waals surface area contributed by atoms with Gasteiger partial charge in [-0.05, 0) is 30.9 Å². The molecule has 0 amide bonds. The highest BCUT2D eigenvalue weighted by Crippen LogP contribution is 2.29. The minimum Gasteiger partial charge on any atom is -0.335 e. The largest absolute Gasteiger partial charge is 0.441 e. The number of alkyl halides is 3. The molecule has 1 rings (SSSR count). The molecule has 0 spiro atoms. The summed E-state index contributed by atoms with van der Waals surface area (Å²) in [5, 5.41) is 0. The predicted molar refractivity (Wildman–Crippen MR) is 52.9 cm³/mol. The maximum Gasteiger partial charge on any atom is 0.441 e. The number of aryl methyl sites for hydroxylation is 2. The number of thioether (sulfide) groups is 1. The number of imidazole rings is 1. The topological polar surface area (TPSA) is 20.7 Å². The lowest BCUT2D eigenvalue weighted by molar-refractivity contribution is -0.0328. The van der Waals surface area contributed by atoms with E-state index in [1.807, 2.05) is 6.92 Å². The summed E-state index contributed by atoms with van der Waals surface area (Å²) in [6.07, 6.45) is 1.71. The smallest absolute Gasteiger partial charge is 0.335 e. The molecule has 80 valence electrons. The highest BCUT2D eigenvalue weighted by Gasteiger charge is 2.27. The number of halogens is 3. The van der Waals surface area contributed by atoms with E-state index >= 15 is 0 Å². The number of aromatic nitrogens is 2. The summed E-state index contributed by atoms with van der Waals surface area (Å²) >= 11 is 4.86. The molecule has 1 heterocycles. The number of hydrogen-bond donors (Lipinski definition) is 1. The zero-order valence-corrected chi connectivity index (χ0v) is 9.02. The number of hydrogen-bond acceptors (Lipinski definition) is 2. The Morgan fingerprint density at radius 1 is 1.57 bits per heavy atom. The van der Waals surface area contributed by atoms with Gasteiger partial charge in [0.25, 0.3) is 0 Å². The van der Waals surface area contributed by atoms with E-state index < -0.39 is 5.51 Å². The van der Waals surface area contributed by atoms with Gasteiger partial charge in [-0.3, -0.25) is 0 Å². The normalized spacial score (nSPS) is 12.0. The third-order valence-corrected chi connectivity index (χ3v) is 2.56. The summed E-state index contributed by atoms with van der Waals surface area (Å²) in [6, 6.07) is 0. The first-order valence-electron chi connectivity index (χ1n) is 3.85. The lowest BCUT2D eigenvalue weighted by atomic mass is 10.6. The molecule has 2 nitrogen and oxygen atoms in total. The van der Waals surface area contributed by atoms with Crippen LogP contribution in [-0.2, 0) is 6.54 Å². The third kappa shape index (κ3) is 3.75. The highest BCUT2D eigenvalue weighted by molar-refractivity contribution is 8.00. The van der Waals surface area contributed by atoms with Gasteiger partial charge in [0.2, 0.25) is 0 Å². The number of nitrogens with zero attached hydrogens (tertiary/aromatic N) is 1. The highest BCUT2D eigenvalue weighted by atomic mass is 32.2. The van der Waals surface area contributed by atoms with E-state index in [1.165, 1.54) is 0 Å². The average Bonchev–Trinajstić information content (AvgIpc) is 2.27. The molecular formula is C7H9F3N2S2. The Morgan fingerprint density at radius 2 is 2.21 bits per heavy atom. The Bertz CT molecular complexity index is 353. The van der Waals surface area contributed by atoms with Crippen molar-refractivity contribution in [2.75, 3.05) is 5.75 Å². The Morgan fingerprint density at radius 3 is 2.64 bits per heavy atom. The maximum absolute atomic E-state index is 11.8. The summed E-state index contributed by atoms with van der Waals surface area (Å²) in [5.41, 5.74) is -3.31. The zero-order chi connectivity index (χ0) is 10.8. The monoisotopic (exact) mass is 242 g/mol. The van der Waals surface area contributed by atoms with Crippen molar-refractivity contribution in [2.45, 2.75) is 19.0 Å². The second-order valence-corrected chi connectivity index (χ2v) is 4.28. The van der Waals surface area contributed by atoms with Crippen molar-refractivity contribution in [2.24, 2.45) is 0 Å². The van der Waals surface area contributed by atoms with E-state index in [-0.39, 0.29) is 24.1 Å². The molecule has 1 N–H and O–H groups in total. The molecule has 0 atom stereocenters. The molecule has 1 aromatic heterocycles. The van der Waals surface area contributed by atoms with E-state index in [9.17, 15) is 13.2 Å². The summed E-state index contributed by atoms with van der Waals surface area (Å²) in [6.45, 7) is 2.08. The quantitative estimate of drug-likeness (QED) is 0.822. The van der Waals surface area contributed by atoms with Crippen LogP contribution < -0.4 is 0 Å². The first-order chi connectivity index (χ1) is 6.38. The van der Waals surface area contributed by atoms with Crippen LogP contribution in [0.25, 0.3) is 0 Å². The van der Waals surface area contributed by atoms with Crippen LogP contribution in [0.1, 0.15) is 5.69 Å². The molecular weight excluding hydrogens is 233 g/mol. The Hall–Kier alpha value is -0.430. The van der Waals surface area contributed by atoms with Crippen molar-refractivity contribution in [3.63, 3.8) is 0 Å². The van der Waals surface area contributed by atoms with Gasteiger partial charge in [-0.15, -0.1) is 0 Å². The molecule has 0 aliphatic rings. The molecule has 0 saturated carbocycles. The Kier molecular flexibility index (Phi) is 3.65. The molecule has 0 bridgehead atoms. The van der Waals surface area contributed by atoms with Gasteiger partial charge in [0.05, 0.1) is 0 Å². The fourth-order valence-electron chi connectivity index (χ4n) is 0.991. The van der Waals surface area contributed by atoms with Gasteiger partial charge in [-0.2, -0.15) is 13.2 Å². The van der Waals surface area contributed by atoms with Crippen LogP contribution in [-0.4, -0.2) is 20.8 Å². The molecule has 0 aliphatic carbocycles. The summed E-state index contributed by atoms with van der Waals surface area (Å²) < 4.78 is 37.4. The number of nitrogens with one attached hydrogen (secondary N) is 1. The van der Waals surface area contributed by atoms with Gasteiger partial charge < -0.3 is 9.55 Å². The molecule has 0 saturated heterocycles. The van der Waals surface area contributed by atoms with E-state index in [4.69, 9.17) is 12.2 Å². The van der Waals surface area contributed by atoms with Crippen molar-refractivity contribution in [3.05, 3.63) is 16.7 Å². The van der Waals surface area contributed by atoms with Crippen LogP contribution >= 0.6 is 24.0 Å². The first-order valence-corrected chi connectivity index (χ1v) is 5.24. The molecule has 7 heteroatoms. The Labute approximate surface area is 88.5 Å². The number of rotatable bonds is 3. The van der Waals surface area contributed by atoms with Crippen LogP contribution in [0.15, 0.2) is 6.20 Å². The maximum atomic E-state index is 11.8. The predicted octanol–water partition coefficient (Wildman–Crippen LogP) is 3.11. The van der Waals surface area contributed by atoms with Crippen molar-refractivity contribution < 1.29 is 13.2 Å². The molecule has 14 heavy (non-hydrogen) atoms. The first kappa shape index (κ1) is 11.6. The van der Waals surface area contributed by atoms with Crippen molar-refractivity contribution >= 4 is 24.0 Å². The summed E-state index contributed by atoms with van der Waals surface area (Å²) in [7, 11) is 0. The van der Waals surface area contributed by atoms with Crippen LogP contribution in [0.5, 0.6) is 0 Å². The van der Waals surface area contributed by atoms with Gasteiger partial charge in [0.1, 0.15) is 0 Å². The van der Waals surface area contributed by atoms with Crippen molar-refractivity contribution in [1.29, 1.82) is 0 Å². The molecule has 0 unspecified atom stereocenters. The van der Waals surface area contributed by atoms with E-state index in [0.717, 1.165) is 5.69 Å². The molecule has 0 radical (unpaired) electrons. The van der Waals surface area contributed by atoms with Gasteiger partial charge in [0.15, 0.2) is 4.77 Å². The zero-order valence-electron chi connectivity index (χ0n) is 7.39. The fraction of sp³-hybridized carbons (Fsp3) is 0.571. The van der Waals surface area contributed by atoms with E-state index in [0.29, 0.717) is 4.77 Å². The second kappa shape index (κ2) is 4.39. The van der Waals surface area contributed by atoms with Crippen LogP contribution in [0.2, 0.25) is 0 Å². The molecule has 0 aliphatic heterocycles. The average molecular weight is 242 g/mol. The minimum atomic E-state index is -4.16. The van der Waals surface area contributed by atoms with Crippen LogP contribution in [0.3, 0.4) is 0 Å². The van der Waals surface area contributed by atoms with Gasteiger partial charge >= 0.3 is 5.51 Å². The van der Waals surface area contributed by atoms with Crippen molar-refractivity contribution in [1.82, 2.24) is 9.55 Å². The van der Waals surface area contributed by atoms with Crippen molar-refractivity contribution in [3.8, 4) is 0 Å². The summed E-state index contributed by atoms with van der Waals surface area (Å²) in [5.74, 6) is -0.0188. The van der Waals surface area contributed by atoms with Gasteiger partial charge in [-0.1, -0.05) is 0 Å². The molecule has 1 aromatic rings. The molecule has 0 aromatic carbocycles. The lowest BCUT2D eigenvalue weighted by Crippen LogP contribution is -2.06. The lowest BCUT2D eigenvalue weighted by Gasteiger charge is -2.05. The number of H-pyrrole nitrogens is 1. The van der Waals surface area contributed by atoms with E-state index in [2.05, 4.69) is 4.98 Å². The van der Waals surface area contributed by atoms with Crippen LogP contribution in [0.4, 0.5) is 13.2 Å². The standard InChI is InChI=1S/C7H9F3N2S2/c1-5-4-12(6(13)11-5)2-3-14-7(8,9)10/h4H,2-3H2,1H3,(H,11,13). The van der Waals surface area contributed by atoms with E-state index in [1.54, 1.807) is 10.8 Å². The fourth-order valence-corrected chi connectivity index (χ4v) is 1.82. The van der Waals surface area contributed by atoms with Crippen LogP contribution in [0, 0.1) is 11.7 Å². The SMILES string of the molecule is Cc1cn(CCSC(F)(F)F)c(=S)[nH]1. The number of aromatic amines is 1. The van der Waals surface area contributed by atoms with Gasteiger partial charge in [-0.25, -0.2) is 0 Å². The Balaban J connectivity index is 2.47. The summed E-state index contributed by atoms with van der Waals surface area (Å²) in [4.78, 5) is 2.84. The molecule has 0 fully saturated rings.